The summed E-state index contributed by atoms with van der Waals surface area (Å²) < 4.78 is 0. The SMILES string of the molecule is Cc1cc(C)c(-c2cc(-c3cccc4c3Nc3ccccc3C4(c3ccccc3)c3ccccc3)c3c(c2)N2c4c(cc(C(C)(C)C)cc4C4(C)CCCCC24C)[B]3)c(C)c1. The third-order valence-electron chi connectivity index (χ3n) is 15.5. The first-order chi connectivity index (χ1) is 29.3. The fourth-order valence-corrected chi connectivity index (χ4v) is 12.5. The number of benzene rings is 7. The standard InChI is InChI=1S/C58H56BN2/c1-36-30-37(2)51(38(3)31-36)39-32-44(52-50(33-39)61-54-47(56(7)28-17-18-29-57(56,61)8)34-42(55(4,5)6)35-48(54)59-52)43-24-19-26-46-53(43)60-49-27-16-15-25-45(49)58(46,40-20-11-9-12-21-40)41-22-13-10-14-23-41/h9-16,19-27,30-35,60H,17-18,28-29H2,1-8H3. The third kappa shape index (κ3) is 5.28. The van der Waals surface area contributed by atoms with Gasteiger partial charge in [-0.25, -0.2) is 0 Å². The molecule has 11 rings (SSSR count). The molecule has 3 heterocycles. The molecule has 0 amide bonds. The van der Waals surface area contributed by atoms with E-state index in [9.17, 15) is 0 Å². The van der Waals surface area contributed by atoms with E-state index in [1.807, 2.05) is 0 Å². The monoisotopic (exact) mass is 791 g/mol. The second-order valence-corrected chi connectivity index (χ2v) is 20.1. The number of para-hydroxylation sites is 2. The molecule has 2 unspecified atom stereocenters. The smallest absolute Gasteiger partial charge is 0.197 e. The fraction of sp³-hybridized carbons (Fsp3) is 0.276. The van der Waals surface area contributed by atoms with Gasteiger partial charge in [-0.15, -0.1) is 0 Å². The highest BCUT2D eigenvalue weighted by Crippen LogP contribution is 2.62. The van der Waals surface area contributed by atoms with Gasteiger partial charge < -0.3 is 10.2 Å². The minimum Gasteiger partial charge on any atom is -0.354 e. The minimum atomic E-state index is -0.545. The van der Waals surface area contributed by atoms with Crippen molar-refractivity contribution in [1.82, 2.24) is 0 Å². The van der Waals surface area contributed by atoms with E-state index < -0.39 is 5.41 Å². The van der Waals surface area contributed by atoms with Gasteiger partial charge in [-0.2, -0.15) is 0 Å². The predicted molar refractivity (Wildman–Crippen MR) is 260 cm³/mol. The summed E-state index contributed by atoms with van der Waals surface area (Å²) in [6.45, 7) is 19.1. The fourth-order valence-electron chi connectivity index (χ4n) is 12.5. The van der Waals surface area contributed by atoms with Crippen molar-refractivity contribution in [2.75, 3.05) is 10.2 Å². The maximum absolute atomic E-state index is 4.11. The van der Waals surface area contributed by atoms with Gasteiger partial charge in [-0.3, -0.25) is 0 Å². The number of nitrogens with one attached hydrogen (secondary N) is 1. The van der Waals surface area contributed by atoms with E-state index in [0.717, 1.165) is 5.69 Å². The van der Waals surface area contributed by atoms with Crippen molar-refractivity contribution in [2.24, 2.45) is 0 Å². The highest BCUT2D eigenvalue weighted by atomic mass is 15.3. The molecule has 0 saturated heterocycles. The summed E-state index contributed by atoms with van der Waals surface area (Å²) in [4.78, 5) is 2.85. The molecular weight excluding hydrogens is 735 g/mol. The number of fused-ring (bicyclic) bond motifs is 7. The molecule has 0 bridgehead atoms. The van der Waals surface area contributed by atoms with Gasteiger partial charge in [0, 0.05) is 28.0 Å². The zero-order chi connectivity index (χ0) is 42.1. The summed E-state index contributed by atoms with van der Waals surface area (Å²) in [6, 6.07) is 53.3. The van der Waals surface area contributed by atoms with Gasteiger partial charge in [-0.05, 0) is 125 Å². The molecule has 2 nitrogen and oxygen atoms in total. The zero-order valence-electron chi connectivity index (χ0n) is 37.1. The van der Waals surface area contributed by atoms with Crippen LogP contribution in [0.15, 0.2) is 140 Å². The van der Waals surface area contributed by atoms with E-state index in [1.54, 1.807) is 5.56 Å². The first-order valence-corrected chi connectivity index (χ1v) is 22.6. The van der Waals surface area contributed by atoms with Crippen LogP contribution in [0, 0.1) is 20.8 Å². The Labute approximate surface area is 364 Å². The van der Waals surface area contributed by atoms with Crippen LogP contribution in [0.5, 0.6) is 0 Å². The number of rotatable bonds is 4. The van der Waals surface area contributed by atoms with Crippen LogP contribution in [0.4, 0.5) is 22.7 Å². The van der Waals surface area contributed by atoms with E-state index in [4.69, 9.17) is 0 Å². The Morgan fingerprint density at radius 3 is 1.95 bits per heavy atom. The molecule has 1 aliphatic carbocycles. The summed E-state index contributed by atoms with van der Waals surface area (Å²) in [5.74, 6) is 0. The molecule has 0 aromatic heterocycles. The summed E-state index contributed by atoms with van der Waals surface area (Å²) in [7, 11) is 2.57. The van der Waals surface area contributed by atoms with E-state index >= 15 is 0 Å². The van der Waals surface area contributed by atoms with Gasteiger partial charge >= 0.3 is 0 Å². The average Bonchev–Trinajstić information content (AvgIpc) is 3.46. The maximum atomic E-state index is 4.11. The normalized spacial score (nSPS) is 20.4. The van der Waals surface area contributed by atoms with Crippen LogP contribution < -0.4 is 21.1 Å². The van der Waals surface area contributed by atoms with Crippen LogP contribution >= 0.6 is 0 Å². The van der Waals surface area contributed by atoms with Gasteiger partial charge in [0.2, 0.25) is 0 Å². The Bertz CT molecular complexity index is 2860. The van der Waals surface area contributed by atoms with Crippen LogP contribution in [0.3, 0.4) is 0 Å². The van der Waals surface area contributed by atoms with E-state index in [0.29, 0.717) is 0 Å². The van der Waals surface area contributed by atoms with Gasteiger partial charge in [0.25, 0.3) is 0 Å². The van der Waals surface area contributed by atoms with Gasteiger partial charge in [0.05, 0.1) is 16.6 Å². The number of aryl methyl sites for hydroxylation is 3. The number of hydrogen-bond donors (Lipinski definition) is 1. The van der Waals surface area contributed by atoms with Crippen molar-refractivity contribution >= 4 is 41.0 Å². The summed E-state index contributed by atoms with van der Waals surface area (Å²) in [6.07, 6.45) is 4.89. The van der Waals surface area contributed by atoms with Crippen molar-refractivity contribution in [3.05, 3.63) is 190 Å². The van der Waals surface area contributed by atoms with Gasteiger partial charge in [-0.1, -0.05) is 178 Å². The largest absolute Gasteiger partial charge is 0.354 e. The van der Waals surface area contributed by atoms with E-state index in [1.165, 1.54) is 120 Å². The Morgan fingerprint density at radius 1 is 0.623 bits per heavy atom. The van der Waals surface area contributed by atoms with E-state index in [2.05, 4.69) is 212 Å². The molecule has 7 aromatic rings. The Morgan fingerprint density at radius 2 is 1.26 bits per heavy atom. The molecule has 1 N–H and O–H groups in total. The first kappa shape index (κ1) is 38.2. The highest BCUT2D eigenvalue weighted by Gasteiger charge is 2.59. The molecule has 301 valence electrons. The molecule has 1 fully saturated rings. The van der Waals surface area contributed by atoms with Crippen LogP contribution in [0.2, 0.25) is 0 Å². The average molecular weight is 792 g/mol. The molecule has 2 atom stereocenters. The highest BCUT2D eigenvalue weighted by molar-refractivity contribution is 6.73. The van der Waals surface area contributed by atoms with Crippen LogP contribution in [0.25, 0.3) is 22.3 Å². The molecular formula is C58H56BN2. The van der Waals surface area contributed by atoms with Crippen LogP contribution in [-0.2, 0) is 16.2 Å². The van der Waals surface area contributed by atoms with Crippen LogP contribution in [-0.4, -0.2) is 12.8 Å². The molecule has 7 aromatic carbocycles. The lowest BCUT2D eigenvalue weighted by Crippen LogP contribution is -2.57. The van der Waals surface area contributed by atoms with Crippen molar-refractivity contribution < 1.29 is 0 Å². The molecule has 4 aliphatic rings. The molecule has 61 heavy (non-hydrogen) atoms. The topological polar surface area (TPSA) is 15.3 Å². The Kier molecular flexibility index (Phi) is 8.35. The minimum absolute atomic E-state index is 0.0235. The predicted octanol–water partition coefficient (Wildman–Crippen LogP) is 13.4. The number of hydrogen-bond acceptors (Lipinski definition) is 2. The quantitative estimate of drug-likeness (QED) is 0.179. The second-order valence-electron chi connectivity index (χ2n) is 20.1. The number of nitrogens with zero attached hydrogens (tertiary/aromatic N) is 1. The third-order valence-corrected chi connectivity index (χ3v) is 15.5. The first-order valence-electron chi connectivity index (χ1n) is 22.6. The molecule has 3 heteroatoms. The summed E-state index contributed by atoms with van der Waals surface area (Å²) in [5, 5.41) is 4.11. The van der Waals surface area contributed by atoms with Crippen molar-refractivity contribution in [1.29, 1.82) is 0 Å². The van der Waals surface area contributed by atoms with Crippen molar-refractivity contribution in [3.63, 3.8) is 0 Å². The second kappa shape index (κ2) is 13.4. The molecule has 1 radical (unpaired) electrons. The lowest BCUT2D eigenvalue weighted by atomic mass is 9.56. The van der Waals surface area contributed by atoms with Crippen LogP contribution in [0.1, 0.15) is 110 Å². The molecule has 3 aliphatic heterocycles. The van der Waals surface area contributed by atoms with Crippen molar-refractivity contribution in [2.45, 2.75) is 103 Å². The maximum Gasteiger partial charge on any atom is 0.197 e. The zero-order valence-corrected chi connectivity index (χ0v) is 37.1. The van der Waals surface area contributed by atoms with Gasteiger partial charge in [0.15, 0.2) is 7.28 Å². The lowest BCUT2D eigenvalue weighted by Gasteiger charge is -2.51. The molecule has 0 spiro atoms. The lowest BCUT2D eigenvalue weighted by molar-refractivity contribution is 0.195. The molecule has 1 saturated carbocycles. The summed E-state index contributed by atoms with van der Waals surface area (Å²) >= 11 is 0. The summed E-state index contributed by atoms with van der Waals surface area (Å²) in [5.41, 5.74) is 24.3. The van der Waals surface area contributed by atoms with Gasteiger partial charge in [0.1, 0.15) is 0 Å². The number of anilines is 4. The Balaban J connectivity index is 1.26. The van der Waals surface area contributed by atoms with Crippen molar-refractivity contribution in [3.8, 4) is 22.3 Å². The van der Waals surface area contributed by atoms with E-state index in [-0.39, 0.29) is 16.4 Å². The Hall–Kier alpha value is -5.80.